The third-order valence-corrected chi connectivity index (χ3v) is 6.18. The fraction of sp³-hybridized carbons (Fsp3) is 0.190. The minimum atomic E-state index is -0.269. The molecule has 0 saturated heterocycles. The van der Waals surface area contributed by atoms with Crippen molar-refractivity contribution in [2.45, 2.75) is 24.1 Å². The Morgan fingerprint density at radius 2 is 2.07 bits per heavy atom. The second-order valence-corrected chi connectivity index (χ2v) is 8.16. The van der Waals surface area contributed by atoms with Gasteiger partial charge >= 0.3 is 0 Å². The van der Waals surface area contributed by atoms with Crippen molar-refractivity contribution in [3.05, 3.63) is 70.0 Å². The summed E-state index contributed by atoms with van der Waals surface area (Å²) in [5, 5.41) is 3.78. The van der Waals surface area contributed by atoms with Crippen molar-refractivity contribution in [3.8, 4) is 16.9 Å². The van der Waals surface area contributed by atoms with Gasteiger partial charge in [-0.2, -0.15) is 0 Å². The maximum atomic E-state index is 13.3. The molecule has 0 saturated carbocycles. The van der Waals surface area contributed by atoms with Crippen LogP contribution in [0, 0.1) is 5.82 Å². The molecule has 0 bridgehead atoms. The first-order valence-electron chi connectivity index (χ1n) is 9.11. The number of thioether (sulfide) groups is 1. The number of pyridine rings is 1. The summed E-state index contributed by atoms with van der Waals surface area (Å²) in [5.74, 6) is 0.615. The van der Waals surface area contributed by atoms with E-state index in [0.717, 1.165) is 38.5 Å². The Bertz CT molecular complexity index is 1190. The van der Waals surface area contributed by atoms with Gasteiger partial charge in [0.1, 0.15) is 22.0 Å². The molecule has 0 aliphatic rings. The van der Waals surface area contributed by atoms with Gasteiger partial charge in [0.25, 0.3) is 0 Å². The van der Waals surface area contributed by atoms with E-state index in [1.807, 2.05) is 12.3 Å². The molecule has 0 atom stereocenters. The maximum absolute atomic E-state index is 13.3. The Labute approximate surface area is 175 Å². The summed E-state index contributed by atoms with van der Waals surface area (Å²) in [5.41, 5.74) is 2.54. The third-order valence-electron chi connectivity index (χ3n) is 4.25. The van der Waals surface area contributed by atoms with Crippen LogP contribution in [0.2, 0.25) is 0 Å². The summed E-state index contributed by atoms with van der Waals surface area (Å²) in [6.45, 7) is 2.51. The average molecular weight is 428 g/mol. The standard InChI is InChI=1S/C21H18FN3O2S2/c1-2-7-27-18-9-23-15(8-17(18)26)10-28-20-19-16(11-29-21(19)25-12-24-20)13-3-5-14(22)6-4-13/h3-6,8-9,11-12H,2,7,10H2,1H3,(H,23,26). The molecule has 0 radical (unpaired) electrons. The first-order valence-corrected chi connectivity index (χ1v) is 11.0. The van der Waals surface area contributed by atoms with E-state index in [-0.39, 0.29) is 11.2 Å². The molecule has 0 aliphatic heterocycles. The van der Waals surface area contributed by atoms with Crippen molar-refractivity contribution < 1.29 is 9.13 Å². The fourth-order valence-electron chi connectivity index (χ4n) is 2.85. The molecule has 3 aromatic heterocycles. The molecule has 4 aromatic rings. The van der Waals surface area contributed by atoms with Crippen LogP contribution in [0.1, 0.15) is 19.0 Å². The van der Waals surface area contributed by atoms with E-state index in [9.17, 15) is 9.18 Å². The van der Waals surface area contributed by atoms with Gasteiger partial charge < -0.3 is 9.72 Å². The quantitative estimate of drug-likeness (QED) is 0.322. The Balaban J connectivity index is 1.60. The second-order valence-electron chi connectivity index (χ2n) is 6.34. The van der Waals surface area contributed by atoms with Gasteiger partial charge in [0, 0.05) is 34.7 Å². The molecular formula is C21H18FN3O2S2. The van der Waals surface area contributed by atoms with Gasteiger partial charge in [-0.05, 0) is 24.1 Å². The van der Waals surface area contributed by atoms with E-state index in [1.165, 1.54) is 35.2 Å². The highest BCUT2D eigenvalue weighted by molar-refractivity contribution is 7.98. The van der Waals surface area contributed by atoms with Gasteiger partial charge in [0.2, 0.25) is 5.43 Å². The van der Waals surface area contributed by atoms with Crippen LogP contribution >= 0.6 is 23.1 Å². The maximum Gasteiger partial charge on any atom is 0.223 e. The van der Waals surface area contributed by atoms with Crippen molar-refractivity contribution in [1.82, 2.24) is 15.0 Å². The van der Waals surface area contributed by atoms with Crippen LogP contribution < -0.4 is 10.2 Å². The van der Waals surface area contributed by atoms with E-state index in [0.29, 0.717) is 18.1 Å². The molecular weight excluding hydrogens is 409 g/mol. The van der Waals surface area contributed by atoms with Crippen LogP contribution in [0.5, 0.6) is 5.75 Å². The Hall–Kier alpha value is -2.71. The number of aromatic nitrogens is 3. The lowest BCUT2D eigenvalue weighted by Crippen LogP contribution is -2.09. The smallest absolute Gasteiger partial charge is 0.223 e. The van der Waals surface area contributed by atoms with Crippen molar-refractivity contribution in [2.75, 3.05) is 6.61 Å². The molecule has 0 unspecified atom stereocenters. The Morgan fingerprint density at radius 1 is 1.24 bits per heavy atom. The number of hydrogen-bond acceptors (Lipinski definition) is 6. The van der Waals surface area contributed by atoms with Crippen LogP contribution in [0.4, 0.5) is 4.39 Å². The van der Waals surface area contributed by atoms with Gasteiger partial charge in [-0.3, -0.25) is 4.79 Å². The van der Waals surface area contributed by atoms with E-state index in [4.69, 9.17) is 4.74 Å². The number of nitrogens with one attached hydrogen (secondary N) is 1. The number of H-pyrrole nitrogens is 1. The monoisotopic (exact) mass is 427 g/mol. The number of benzene rings is 1. The van der Waals surface area contributed by atoms with Crippen molar-refractivity contribution >= 4 is 33.3 Å². The predicted octanol–water partition coefficient (Wildman–Crippen LogP) is 5.27. The molecule has 8 heteroatoms. The molecule has 4 rings (SSSR count). The zero-order valence-electron chi connectivity index (χ0n) is 15.6. The lowest BCUT2D eigenvalue weighted by atomic mass is 10.1. The summed E-state index contributed by atoms with van der Waals surface area (Å²) in [6.07, 6.45) is 4.00. The van der Waals surface area contributed by atoms with Crippen molar-refractivity contribution in [3.63, 3.8) is 0 Å². The van der Waals surface area contributed by atoms with E-state index in [2.05, 4.69) is 15.0 Å². The SMILES string of the molecule is CCCOc1c[nH]c(CSc2ncnc3scc(-c4ccc(F)cc4)c23)cc1=O. The summed E-state index contributed by atoms with van der Waals surface area (Å²) in [6, 6.07) is 7.96. The van der Waals surface area contributed by atoms with Crippen LogP contribution in [0.25, 0.3) is 21.3 Å². The number of aromatic amines is 1. The second kappa shape index (κ2) is 8.75. The lowest BCUT2D eigenvalue weighted by Gasteiger charge is -2.07. The molecule has 1 aromatic carbocycles. The van der Waals surface area contributed by atoms with Crippen molar-refractivity contribution in [1.29, 1.82) is 0 Å². The van der Waals surface area contributed by atoms with E-state index < -0.39 is 0 Å². The lowest BCUT2D eigenvalue weighted by molar-refractivity contribution is 0.313. The molecule has 5 nitrogen and oxygen atoms in total. The zero-order valence-corrected chi connectivity index (χ0v) is 17.3. The normalized spacial score (nSPS) is 11.1. The van der Waals surface area contributed by atoms with Gasteiger partial charge in [0.15, 0.2) is 5.75 Å². The summed E-state index contributed by atoms with van der Waals surface area (Å²) in [7, 11) is 0. The highest BCUT2D eigenvalue weighted by Gasteiger charge is 2.14. The summed E-state index contributed by atoms with van der Waals surface area (Å²) >= 11 is 3.05. The molecule has 29 heavy (non-hydrogen) atoms. The first-order chi connectivity index (χ1) is 14.2. The van der Waals surface area contributed by atoms with Crippen LogP contribution in [0.3, 0.4) is 0 Å². The number of ether oxygens (including phenoxy) is 1. The first kappa shape index (κ1) is 19.6. The van der Waals surface area contributed by atoms with Crippen LogP contribution in [-0.2, 0) is 5.75 Å². The fourth-order valence-corrected chi connectivity index (χ4v) is 4.77. The van der Waals surface area contributed by atoms with Crippen LogP contribution in [-0.4, -0.2) is 21.6 Å². The molecule has 0 amide bonds. The van der Waals surface area contributed by atoms with Gasteiger partial charge in [-0.25, -0.2) is 14.4 Å². The summed E-state index contributed by atoms with van der Waals surface area (Å²) in [4.78, 5) is 25.0. The minimum absolute atomic E-state index is 0.136. The van der Waals surface area contributed by atoms with Gasteiger partial charge in [-0.1, -0.05) is 30.8 Å². The topological polar surface area (TPSA) is 67.9 Å². The highest BCUT2D eigenvalue weighted by Crippen LogP contribution is 2.38. The van der Waals surface area contributed by atoms with E-state index >= 15 is 0 Å². The third kappa shape index (κ3) is 4.33. The summed E-state index contributed by atoms with van der Waals surface area (Å²) < 4.78 is 18.7. The Morgan fingerprint density at radius 3 is 2.83 bits per heavy atom. The highest BCUT2D eigenvalue weighted by atomic mass is 32.2. The molecule has 0 fully saturated rings. The number of halogens is 1. The molecule has 0 spiro atoms. The number of hydrogen-bond donors (Lipinski definition) is 1. The molecule has 0 aliphatic carbocycles. The van der Waals surface area contributed by atoms with Gasteiger partial charge in [-0.15, -0.1) is 11.3 Å². The number of rotatable bonds is 7. The number of nitrogens with zero attached hydrogens (tertiary/aromatic N) is 2. The Kier molecular flexibility index (Phi) is 5.92. The predicted molar refractivity (Wildman–Crippen MR) is 115 cm³/mol. The van der Waals surface area contributed by atoms with E-state index in [1.54, 1.807) is 30.7 Å². The molecule has 3 heterocycles. The number of fused-ring (bicyclic) bond motifs is 1. The van der Waals surface area contributed by atoms with Gasteiger partial charge in [0.05, 0.1) is 12.0 Å². The van der Waals surface area contributed by atoms with Crippen LogP contribution in [0.15, 0.2) is 58.1 Å². The molecule has 1 N–H and O–H groups in total. The minimum Gasteiger partial charge on any atom is -0.488 e. The number of thiophene rings is 1. The molecule has 148 valence electrons. The average Bonchev–Trinajstić information content (AvgIpc) is 3.17. The largest absolute Gasteiger partial charge is 0.488 e. The van der Waals surface area contributed by atoms with Crippen molar-refractivity contribution in [2.24, 2.45) is 0 Å². The zero-order chi connectivity index (χ0) is 20.2.